The summed E-state index contributed by atoms with van der Waals surface area (Å²) in [6.07, 6.45) is 4.63. The van der Waals surface area contributed by atoms with Gasteiger partial charge in [-0.15, -0.1) is 0 Å². The van der Waals surface area contributed by atoms with Crippen LogP contribution in [-0.4, -0.2) is 57.8 Å². The Morgan fingerprint density at radius 1 is 1.15 bits per heavy atom. The van der Waals surface area contributed by atoms with Gasteiger partial charge in [-0.05, 0) is 50.3 Å². The van der Waals surface area contributed by atoms with Crippen molar-refractivity contribution in [3.63, 3.8) is 0 Å². The molecule has 5 nitrogen and oxygen atoms in total. The minimum absolute atomic E-state index is 0.444. The number of aryl methyl sites for hydroxylation is 1. The fraction of sp³-hybridized carbons (Fsp3) is 0.667. The molecule has 6 heteroatoms. The summed E-state index contributed by atoms with van der Waals surface area (Å²) in [5.41, 5.74) is 1.21. The number of hydrogen-bond donors (Lipinski definition) is 0. The van der Waals surface area contributed by atoms with E-state index in [0.717, 1.165) is 62.2 Å². The average Bonchev–Trinajstić information content (AvgIpc) is 3.24. The standard InChI is InChI=1S/C21H29ClNO4/c1-16-5-6-18(17(22)14-16)23-9-7-20(24-2,8-10-23)21(15-25-12-13-27-21)19-4-3-11-26-19/h5-6,14H,3-4,7-13,15H2,1-2H3. The number of methoxy groups -OCH3 is 1. The summed E-state index contributed by atoms with van der Waals surface area (Å²) in [6, 6.07) is 6.25. The van der Waals surface area contributed by atoms with E-state index in [0.29, 0.717) is 19.8 Å². The average molecular weight is 395 g/mol. The quantitative estimate of drug-likeness (QED) is 0.777. The SMILES string of the molecule is COC1(C2([C]3CCCO3)COCCO2)CCN(c2ccc(C)cc2Cl)CC1. The van der Waals surface area contributed by atoms with Gasteiger partial charge in [0.1, 0.15) is 11.7 Å². The van der Waals surface area contributed by atoms with Crippen LogP contribution >= 0.6 is 11.6 Å². The molecule has 0 N–H and O–H groups in total. The molecule has 3 aliphatic heterocycles. The molecule has 0 bridgehead atoms. The number of rotatable bonds is 4. The second-order valence-electron chi connectivity index (χ2n) is 7.74. The molecule has 0 amide bonds. The molecule has 1 unspecified atom stereocenters. The third-order valence-corrected chi connectivity index (χ3v) is 6.60. The molecule has 3 aliphatic rings. The van der Waals surface area contributed by atoms with Gasteiger partial charge >= 0.3 is 0 Å². The molecular formula is C21H29ClNO4. The fourth-order valence-corrected chi connectivity index (χ4v) is 5.13. The number of anilines is 1. The molecular weight excluding hydrogens is 366 g/mol. The molecule has 1 aromatic carbocycles. The molecule has 0 saturated carbocycles. The van der Waals surface area contributed by atoms with Crippen molar-refractivity contribution >= 4 is 17.3 Å². The largest absolute Gasteiger partial charge is 0.376 e. The van der Waals surface area contributed by atoms with E-state index in [2.05, 4.69) is 24.0 Å². The first-order chi connectivity index (χ1) is 13.1. The van der Waals surface area contributed by atoms with Crippen LogP contribution in [0, 0.1) is 13.0 Å². The number of piperidine rings is 1. The third kappa shape index (κ3) is 3.38. The Balaban J connectivity index is 1.57. The van der Waals surface area contributed by atoms with Gasteiger partial charge in [0.15, 0.2) is 5.60 Å². The molecule has 0 aromatic heterocycles. The van der Waals surface area contributed by atoms with Crippen LogP contribution in [0.1, 0.15) is 31.2 Å². The normalized spacial score (nSPS) is 29.2. The fourth-order valence-electron chi connectivity index (χ4n) is 4.78. The van der Waals surface area contributed by atoms with Crippen molar-refractivity contribution in [1.29, 1.82) is 0 Å². The topological polar surface area (TPSA) is 40.2 Å². The lowest BCUT2D eigenvalue weighted by atomic mass is 9.71. The summed E-state index contributed by atoms with van der Waals surface area (Å²) < 4.78 is 24.5. The minimum atomic E-state index is -0.611. The van der Waals surface area contributed by atoms with Crippen LogP contribution < -0.4 is 4.90 Å². The monoisotopic (exact) mass is 394 g/mol. The van der Waals surface area contributed by atoms with E-state index in [9.17, 15) is 0 Å². The van der Waals surface area contributed by atoms with E-state index in [1.807, 2.05) is 6.07 Å². The number of nitrogens with zero attached hydrogens (tertiary/aromatic N) is 1. The second-order valence-corrected chi connectivity index (χ2v) is 8.15. The summed E-state index contributed by atoms with van der Waals surface area (Å²) in [7, 11) is 1.80. The van der Waals surface area contributed by atoms with Crippen LogP contribution in [0.5, 0.6) is 0 Å². The van der Waals surface area contributed by atoms with Crippen LogP contribution in [0.3, 0.4) is 0 Å². The molecule has 3 heterocycles. The summed E-state index contributed by atoms with van der Waals surface area (Å²) in [5.74, 6) is 0. The lowest BCUT2D eigenvalue weighted by Crippen LogP contribution is -2.68. The first kappa shape index (κ1) is 19.5. The van der Waals surface area contributed by atoms with Gasteiger partial charge < -0.3 is 23.8 Å². The number of halogens is 1. The van der Waals surface area contributed by atoms with Crippen LogP contribution in [0.2, 0.25) is 5.02 Å². The van der Waals surface area contributed by atoms with E-state index in [4.69, 9.17) is 30.5 Å². The Hall–Kier alpha value is -0.850. The molecule has 0 spiro atoms. The predicted molar refractivity (Wildman–Crippen MR) is 105 cm³/mol. The Kier molecular flexibility index (Phi) is 5.68. The first-order valence-electron chi connectivity index (χ1n) is 9.87. The Bertz CT molecular complexity index is 648. The molecule has 4 rings (SSSR count). The first-order valence-corrected chi connectivity index (χ1v) is 10.3. The van der Waals surface area contributed by atoms with Gasteiger partial charge in [-0.2, -0.15) is 0 Å². The predicted octanol–water partition coefficient (Wildman–Crippen LogP) is 3.76. The van der Waals surface area contributed by atoms with Gasteiger partial charge in [0, 0.05) is 26.8 Å². The Morgan fingerprint density at radius 3 is 2.56 bits per heavy atom. The zero-order valence-corrected chi connectivity index (χ0v) is 17.0. The van der Waals surface area contributed by atoms with Gasteiger partial charge in [0.25, 0.3) is 0 Å². The van der Waals surface area contributed by atoms with Crippen molar-refractivity contribution in [3.05, 3.63) is 34.9 Å². The van der Waals surface area contributed by atoms with Crippen molar-refractivity contribution in [1.82, 2.24) is 0 Å². The van der Waals surface area contributed by atoms with Crippen LogP contribution in [0.15, 0.2) is 18.2 Å². The summed E-state index contributed by atoms with van der Waals surface area (Å²) in [4.78, 5) is 2.34. The van der Waals surface area contributed by atoms with Crippen molar-refractivity contribution in [3.8, 4) is 0 Å². The summed E-state index contributed by atoms with van der Waals surface area (Å²) in [6.45, 7) is 6.23. The molecule has 27 heavy (non-hydrogen) atoms. The van der Waals surface area contributed by atoms with Gasteiger partial charge in [-0.25, -0.2) is 0 Å². The van der Waals surface area contributed by atoms with E-state index < -0.39 is 11.2 Å². The van der Waals surface area contributed by atoms with Crippen LogP contribution in [0.4, 0.5) is 5.69 Å². The van der Waals surface area contributed by atoms with Gasteiger partial charge in [-0.3, -0.25) is 0 Å². The van der Waals surface area contributed by atoms with Crippen molar-refractivity contribution in [2.45, 2.75) is 43.8 Å². The van der Waals surface area contributed by atoms with Gasteiger partial charge in [0.05, 0.1) is 30.5 Å². The molecule has 1 radical (unpaired) electrons. The van der Waals surface area contributed by atoms with Gasteiger partial charge in [-0.1, -0.05) is 17.7 Å². The second kappa shape index (κ2) is 7.88. The zero-order chi connectivity index (χ0) is 18.9. The Labute approximate surface area is 166 Å². The smallest absolute Gasteiger partial charge is 0.152 e. The maximum Gasteiger partial charge on any atom is 0.152 e. The molecule has 3 fully saturated rings. The lowest BCUT2D eigenvalue weighted by Gasteiger charge is -2.55. The lowest BCUT2D eigenvalue weighted by molar-refractivity contribution is -0.266. The van der Waals surface area contributed by atoms with Crippen molar-refractivity contribution < 1.29 is 18.9 Å². The third-order valence-electron chi connectivity index (χ3n) is 6.30. The molecule has 1 aromatic rings. The van der Waals surface area contributed by atoms with Gasteiger partial charge in [0.2, 0.25) is 0 Å². The molecule has 0 aliphatic carbocycles. The Morgan fingerprint density at radius 2 is 1.96 bits per heavy atom. The highest BCUT2D eigenvalue weighted by Gasteiger charge is 2.61. The number of benzene rings is 1. The summed E-state index contributed by atoms with van der Waals surface area (Å²) in [5, 5.41) is 0.806. The molecule has 3 saturated heterocycles. The van der Waals surface area contributed by atoms with E-state index >= 15 is 0 Å². The maximum absolute atomic E-state index is 6.51. The van der Waals surface area contributed by atoms with Crippen molar-refractivity contribution in [2.24, 2.45) is 0 Å². The minimum Gasteiger partial charge on any atom is -0.376 e. The van der Waals surface area contributed by atoms with E-state index in [-0.39, 0.29) is 0 Å². The van der Waals surface area contributed by atoms with E-state index in [1.165, 1.54) is 5.56 Å². The highest BCUT2D eigenvalue weighted by atomic mass is 35.5. The highest BCUT2D eigenvalue weighted by molar-refractivity contribution is 6.33. The van der Waals surface area contributed by atoms with E-state index in [1.54, 1.807) is 7.11 Å². The molecule has 149 valence electrons. The molecule has 1 atom stereocenters. The maximum atomic E-state index is 6.51. The number of hydrogen-bond acceptors (Lipinski definition) is 5. The van der Waals surface area contributed by atoms with Crippen LogP contribution in [0.25, 0.3) is 0 Å². The summed E-state index contributed by atoms with van der Waals surface area (Å²) >= 11 is 6.51. The zero-order valence-electron chi connectivity index (χ0n) is 16.3. The van der Waals surface area contributed by atoms with Crippen molar-refractivity contribution in [2.75, 3.05) is 51.5 Å². The highest BCUT2D eigenvalue weighted by Crippen LogP contribution is 2.49. The number of ether oxygens (including phenoxy) is 4. The van der Waals surface area contributed by atoms with Crippen LogP contribution in [-0.2, 0) is 18.9 Å².